The molecule has 0 spiro atoms. The Labute approximate surface area is 132 Å². The third kappa shape index (κ3) is 3.40. The summed E-state index contributed by atoms with van der Waals surface area (Å²) < 4.78 is 13.5. The third-order valence-electron chi connectivity index (χ3n) is 2.81. The van der Waals surface area contributed by atoms with Crippen LogP contribution in [-0.4, -0.2) is 15.8 Å². The van der Waals surface area contributed by atoms with Gasteiger partial charge in [-0.1, -0.05) is 23.7 Å². The summed E-state index contributed by atoms with van der Waals surface area (Å²) in [7, 11) is 0. The lowest BCUT2D eigenvalue weighted by atomic mass is 10.1. The minimum absolute atomic E-state index is 0.192. The Morgan fingerprint density at radius 2 is 1.78 bits per heavy atom. The molecule has 0 bridgehead atoms. The van der Waals surface area contributed by atoms with E-state index in [4.69, 9.17) is 11.6 Å². The van der Waals surface area contributed by atoms with Crippen LogP contribution in [0, 0.1) is 26.0 Å². The number of non-ortho nitro benzene ring substituents is 1. The van der Waals surface area contributed by atoms with Gasteiger partial charge >= 0.3 is 0 Å². The van der Waals surface area contributed by atoms with E-state index in [0.717, 1.165) is 12.1 Å². The Balaban J connectivity index is 2.49. The number of anilines is 1. The number of nitro groups is 2. The van der Waals surface area contributed by atoms with Crippen LogP contribution in [0.2, 0.25) is 5.02 Å². The summed E-state index contributed by atoms with van der Waals surface area (Å²) in [6.07, 6.45) is 0. The van der Waals surface area contributed by atoms with Gasteiger partial charge in [-0.3, -0.25) is 25.0 Å². The van der Waals surface area contributed by atoms with Crippen LogP contribution in [0.5, 0.6) is 0 Å². The lowest BCUT2D eigenvalue weighted by molar-refractivity contribution is -0.394. The van der Waals surface area contributed by atoms with Crippen molar-refractivity contribution >= 4 is 34.6 Å². The highest BCUT2D eigenvalue weighted by Gasteiger charge is 2.26. The summed E-state index contributed by atoms with van der Waals surface area (Å²) in [5.74, 6) is -1.75. The molecule has 10 heteroatoms. The number of hydrogen-bond donors (Lipinski definition) is 1. The van der Waals surface area contributed by atoms with E-state index in [2.05, 4.69) is 5.32 Å². The molecule has 8 nitrogen and oxygen atoms in total. The molecule has 0 fully saturated rings. The van der Waals surface area contributed by atoms with Crippen LogP contribution >= 0.6 is 11.6 Å². The molecule has 1 N–H and O–H groups in total. The number of benzene rings is 2. The molecule has 2 aromatic carbocycles. The van der Waals surface area contributed by atoms with Crippen molar-refractivity contribution in [2.75, 3.05) is 5.32 Å². The average Bonchev–Trinajstić information content (AvgIpc) is 2.49. The number of nitrogens with one attached hydrogen (secondary N) is 1. The van der Waals surface area contributed by atoms with Crippen molar-refractivity contribution < 1.29 is 19.0 Å². The molecule has 0 atom stereocenters. The second-order valence-electron chi connectivity index (χ2n) is 4.27. The van der Waals surface area contributed by atoms with Crippen molar-refractivity contribution in [2.45, 2.75) is 0 Å². The number of amides is 1. The summed E-state index contributed by atoms with van der Waals surface area (Å²) >= 11 is 5.76. The first-order chi connectivity index (χ1) is 10.8. The normalized spacial score (nSPS) is 10.2. The number of hydrogen-bond acceptors (Lipinski definition) is 5. The molecule has 0 aliphatic heterocycles. The van der Waals surface area contributed by atoms with Crippen molar-refractivity contribution in [1.82, 2.24) is 0 Å². The summed E-state index contributed by atoms with van der Waals surface area (Å²) in [5.41, 5.74) is -2.17. The maximum absolute atomic E-state index is 13.5. The fourth-order valence-corrected chi connectivity index (χ4v) is 2.01. The molecular formula is C13H7ClFN3O5. The molecule has 0 radical (unpaired) electrons. The van der Waals surface area contributed by atoms with Gasteiger partial charge in [-0.05, 0) is 12.1 Å². The van der Waals surface area contributed by atoms with Gasteiger partial charge in [-0.2, -0.15) is 0 Å². The number of nitrogens with zero attached hydrogens (tertiary/aromatic N) is 2. The highest BCUT2D eigenvalue weighted by molar-refractivity contribution is 6.36. The zero-order chi connectivity index (χ0) is 17.1. The monoisotopic (exact) mass is 339 g/mol. The number of nitro benzene ring substituents is 2. The first-order valence-corrected chi connectivity index (χ1v) is 6.37. The van der Waals surface area contributed by atoms with E-state index in [1.165, 1.54) is 18.2 Å². The SMILES string of the molecule is O=C(Nc1ccccc1F)c1cc([N+](=O)[O-])cc([N+](=O)[O-])c1Cl. The van der Waals surface area contributed by atoms with Gasteiger partial charge in [0.15, 0.2) is 0 Å². The molecular weight excluding hydrogens is 333 g/mol. The first-order valence-electron chi connectivity index (χ1n) is 5.99. The highest BCUT2D eigenvalue weighted by Crippen LogP contribution is 2.33. The van der Waals surface area contributed by atoms with E-state index in [1.54, 1.807) is 0 Å². The standard InChI is InChI=1S/C13H7ClFN3O5/c14-12-8(5-7(17(20)21)6-11(12)18(22)23)13(19)16-10-4-2-1-3-9(10)15/h1-6H,(H,16,19). The third-order valence-corrected chi connectivity index (χ3v) is 3.21. The van der Waals surface area contributed by atoms with Crippen LogP contribution in [-0.2, 0) is 0 Å². The van der Waals surface area contributed by atoms with E-state index < -0.39 is 43.5 Å². The van der Waals surface area contributed by atoms with Crippen molar-refractivity contribution in [3.63, 3.8) is 0 Å². The molecule has 2 aromatic rings. The van der Waals surface area contributed by atoms with E-state index in [9.17, 15) is 29.4 Å². The molecule has 0 saturated carbocycles. The fraction of sp³-hybridized carbons (Fsp3) is 0. The Hall–Kier alpha value is -3.07. The number of carbonyl (C=O) groups excluding carboxylic acids is 1. The molecule has 118 valence electrons. The topological polar surface area (TPSA) is 115 Å². The minimum Gasteiger partial charge on any atom is -0.319 e. The Morgan fingerprint density at radius 3 is 2.35 bits per heavy atom. The first kappa shape index (κ1) is 16.3. The van der Waals surface area contributed by atoms with Gasteiger partial charge in [0.05, 0.1) is 27.2 Å². The van der Waals surface area contributed by atoms with E-state index in [1.807, 2.05) is 0 Å². The second kappa shape index (κ2) is 6.36. The molecule has 0 saturated heterocycles. The number of para-hydroxylation sites is 1. The highest BCUT2D eigenvalue weighted by atomic mass is 35.5. The molecule has 0 aromatic heterocycles. The largest absolute Gasteiger partial charge is 0.319 e. The van der Waals surface area contributed by atoms with Gasteiger partial charge in [0, 0.05) is 6.07 Å². The summed E-state index contributed by atoms with van der Waals surface area (Å²) in [5, 5.41) is 23.3. The van der Waals surface area contributed by atoms with E-state index in [-0.39, 0.29) is 5.69 Å². The zero-order valence-corrected chi connectivity index (χ0v) is 11.9. The Bertz CT molecular complexity index is 827. The average molecular weight is 340 g/mol. The van der Waals surface area contributed by atoms with Gasteiger partial charge in [0.25, 0.3) is 17.3 Å². The lowest BCUT2D eigenvalue weighted by Crippen LogP contribution is -2.14. The predicted octanol–water partition coefficient (Wildman–Crippen LogP) is 3.55. The smallest absolute Gasteiger partial charge is 0.295 e. The molecule has 0 aliphatic carbocycles. The van der Waals surface area contributed by atoms with Crippen LogP contribution in [0.3, 0.4) is 0 Å². The number of rotatable bonds is 4. The minimum atomic E-state index is -1.01. The van der Waals surface area contributed by atoms with E-state index in [0.29, 0.717) is 6.07 Å². The van der Waals surface area contributed by atoms with Crippen molar-refractivity contribution in [3.05, 3.63) is 73.0 Å². The number of halogens is 2. The summed E-state index contributed by atoms with van der Waals surface area (Å²) in [6.45, 7) is 0. The second-order valence-corrected chi connectivity index (χ2v) is 4.65. The summed E-state index contributed by atoms with van der Waals surface area (Å²) in [4.78, 5) is 32.0. The van der Waals surface area contributed by atoms with Gasteiger partial charge < -0.3 is 5.32 Å². The van der Waals surface area contributed by atoms with Gasteiger partial charge in [-0.25, -0.2) is 4.39 Å². The molecule has 0 unspecified atom stereocenters. The van der Waals surface area contributed by atoms with Gasteiger partial charge in [0.2, 0.25) is 0 Å². The maximum Gasteiger partial charge on any atom is 0.295 e. The van der Waals surface area contributed by atoms with Crippen LogP contribution < -0.4 is 5.32 Å². The van der Waals surface area contributed by atoms with E-state index >= 15 is 0 Å². The molecule has 23 heavy (non-hydrogen) atoms. The quantitative estimate of drug-likeness (QED) is 0.675. The molecule has 2 rings (SSSR count). The maximum atomic E-state index is 13.5. The Kier molecular flexibility index (Phi) is 4.51. The molecule has 0 aliphatic rings. The van der Waals surface area contributed by atoms with Gasteiger partial charge in [-0.15, -0.1) is 0 Å². The predicted molar refractivity (Wildman–Crippen MR) is 79.1 cm³/mol. The summed E-state index contributed by atoms with van der Waals surface area (Å²) in [6, 6.07) is 6.63. The lowest BCUT2D eigenvalue weighted by Gasteiger charge is -2.08. The fourth-order valence-electron chi connectivity index (χ4n) is 1.75. The van der Waals surface area contributed by atoms with Crippen molar-refractivity contribution in [2.24, 2.45) is 0 Å². The van der Waals surface area contributed by atoms with Crippen LogP contribution in [0.1, 0.15) is 10.4 Å². The van der Waals surface area contributed by atoms with Crippen molar-refractivity contribution in [1.29, 1.82) is 0 Å². The number of carbonyl (C=O) groups is 1. The Morgan fingerprint density at radius 1 is 1.13 bits per heavy atom. The van der Waals surface area contributed by atoms with Crippen LogP contribution in [0.25, 0.3) is 0 Å². The zero-order valence-electron chi connectivity index (χ0n) is 11.2. The van der Waals surface area contributed by atoms with Gasteiger partial charge in [0.1, 0.15) is 10.8 Å². The van der Waals surface area contributed by atoms with Crippen LogP contribution in [0.4, 0.5) is 21.5 Å². The molecule has 1 amide bonds. The van der Waals surface area contributed by atoms with Crippen molar-refractivity contribution in [3.8, 4) is 0 Å². The van der Waals surface area contributed by atoms with Crippen LogP contribution in [0.15, 0.2) is 36.4 Å². The molecule has 0 heterocycles.